The van der Waals surface area contributed by atoms with Crippen LogP contribution >= 0.6 is 0 Å². The molecule has 2 rings (SSSR count). The molecule has 0 spiro atoms. The van der Waals surface area contributed by atoms with Gasteiger partial charge >= 0.3 is 0 Å². The van der Waals surface area contributed by atoms with Crippen LogP contribution in [-0.2, 0) is 11.3 Å². The van der Waals surface area contributed by atoms with Crippen molar-refractivity contribution in [3.8, 4) is 0 Å². The fourth-order valence-corrected chi connectivity index (χ4v) is 2.70. The van der Waals surface area contributed by atoms with Crippen LogP contribution in [0.4, 0.5) is 0 Å². The summed E-state index contributed by atoms with van der Waals surface area (Å²) in [6, 6.07) is 1.89. The number of rotatable bonds is 7. The number of nitrogens with zero attached hydrogens (tertiary/aromatic N) is 1. The van der Waals surface area contributed by atoms with Gasteiger partial charge in [-0.15, -0.1) is 0 Å². The fraction of sp³-hybridized carbons (Fsp3) is 0.800. The van der Waals surface area contributed by atoms with E-state index in [-0.39, 0.29) is 0 Å². The van der Waals surface area contributed by atoms with Gasteiger partial charge < -0.3 is 19.7 Å². The molecule has 1 heterocycles. The van der Waals surface area contributed by atoms with Gasteiger partial charge in [-0.25, -0.2) is 0 Å². The Balaban J connectivity index is 1.57. The lowest BCUT2D eigenvalue weighted by Crippen LogP contribution is -2.33. The van der Waals surface area contributed by atoms with E-state index in [1.165, 1.54) is 12.8 Å². The molecule has 0 radical (unpaired) electrons. The van der Waals surface area contributed by atoms with Crippen LogP contribution in [0, 0.1) is 12.8 Å². The molecule has 1 aliphatic carbocycles. The standard InChI is InChI=1S/C15H26N2O3/c1-11-4-3-5-15(6-11)19-10-14(18)9-16-8-13-7-12(2)20-17-13/h7,11,14-16,18H,3-6,8-10H2,1-2H3. The molecule has 3 unspecified atom stereocenters. The number of hydrogen-bond acceptors (Lipinski definition) is 5. The summed E-state index contributed by atoms with van der Waals surface area (Å²) in [7, 11) is 0. The molecule has 1 fully saturated rings. The maximum Gasteiger partial charge on any atom is 0.133 e. The zero-order chi connectivity index (χ0) is 14.4. The van der Waals surface area contributed by atoms with Crippen LogP contribution in [-0.4, -0.2) is 35.6 Å². The SMILES string of the molecule is Cc1cc(CNCC(O)COC2CCCC(C)C2)no1. The molecular weight excluding hydrogens is 256 g/mol. The summed E-state index contributed by atoms with van der Waals surface area (Å²) in [6.45, 7) is 5.66. The van der Waals surface area contributed by atoms with Gasteiger partial charge in [-0.3, -0.25) is 0 Å². The zero-order valence-electron chi connectivity index (χ0n) is 12.5. The number of aliphatic hydroxyl groups excluding tert-OH is 1. The van der Waals surface area contributed by atoms with E-state index in [9.17, 15) is 5.11 Å². The summed E-state index contributed by atoms with van der Waals surface area (Å²) < 4.78 is 10.8. The van der Waals surface area contributed by atoms with E-state index in [0.29, 0.717) is 25.8 Å². The van der Waals surface area contributed by atoms with Crippen molar-refractivity contribution in [2.24, 2.45) is 5.92 Å². The first kappa shape index (κ1) is 15.5. The zero-order valence-corrected chi connectivity index (χ0v) is 12.5. The fourth-order valence-electron chi connectivity index (χ4n) is 2.70. The lowest BCUT2D eigenvalue weighted by atomic mass is 9.89. The molecule has 5 nitrogen and oxygen atoms in total. The van der Waals surface area contributed by atoms with Crippen molar-refractivity contribution in [3.05, 3.63) is 17.5 Å². The molecule has 0 aromatic carbocycles. The maximum absolute atomic E-state index is 9.90. The summed E-state index contributed by atoms with van der Waals surface area (Å²) in [5.41, 5.74) is 0.858. The molecule has 0 amide bonds. The number of ether oxygens (including phenoxy) is 1. The Kier molecular flexibility index (Phi) is 6.01. The van der Waals surface area contributed by atoms with Gasteiger partial charge in [-0.1, -0.05) is 24.9 Å². The van der Waals surface area contributed by atoms with Crippen molar-refractivity contribution >= 4 is 0 Å². The second-order valence-electron chi connectivity index (χ2n) is 5.94. The second-order valence-corrected chi connectivity index (χ2v) is 5.94. The van der Waals surface area contributed by atoms with Gasteiger partial charge in [-0.05, 0) is 25.7 Å². The Morgan fingerprint density at radius 2 is 2.40 bits per heavy atom. The van der Waals surface area contributed by atoms with Gasteiger partial charge in [0.25, 0.3) is 0 Å². The summed E-state index contributed by atoms with van der Waals surface area (Å²) >= 11 is 0. The topological polar surface area (TPSA) is 67.5 Å². The van der Waals surface area contributed by atoms with E-state index >= 15 is 0 Å². The Bertz CT molecular complexity index is 394. The van der Waals surface area contributed by atoms with Crippen molar-refractivity contribution in [1.29, 1.82) is 0 Å². The van der Waals surface area contributed by atoms with Gasteiger partial charge in [0.15, 0.2) is 0 Å². The molecule has 5 heteroatoms. The summed E-state index contributed by atoms with van der Waals surface area (Å²) in [5, 5.41) is 16.9. The van der Waals surface area contributed by atoms with E-state index in [0.717, 1.165) is 30.2 Å². The number of aliphatic hydroxyl groups is 1. The highest BCUT2D eigenvalue weighted by molar-refractivity contribution is 5.02. The molecule has 114 valence electrons. The number of hydrogen-bond donors (Lipinski definition) is 2. The Morgan fingerprint density at radius 3 is 3.10 bits per heavy atom. The highest BCUT2D eigenvalue weighted by Crippen LogP contribution is 2.25. The second kappa shape index (κ2) is 7.76. The van der Waals surface area contributed by atoms with Gasteiger partial charge in [0.1, 0.15) is 5.76 Å². The van der Waals surface area contributed by atoms with Gasteiger partial charge in [0.05, 0.1) is 24.5 Å². The van der Waals surface area contributed by atoms with Crippen molar-refractivity contribution < 1.29 is 14.4 Å². The van der Waals surface area contributed by atoms with E-state index in [1.54, 1.807) is 0 Å². The van der Waals surface area contributed by atoms with Crippen LogP contribution in [0.2, 0.25) is 0 Å². The number of aromatic nitrogens is 1. The first-order valence-corrected chi connectivity index (χ1v) is 7.56. The van der Waals surface area contributed by atoms with Crippen LogP contribution in [0.15, 0.2) is 10.6 Å². The molecule has 1 aliphatic rings. The molecule has 1 aromatic rings. The predicted octanol–water partition coefficient (Wildman–Crippen LogP) is 2.03. The quantitative estimate of drug-likeness (QED) is 0.801. The third-order valence-corrected chi connectivity index (χ3v) is 3.78. The molecule has 2 N–H and O–H groups in total. The van der Waals surface area contributed by atoms with Crippen molar-refractivity contribution in [1.82, 2.24) is 10.5 Å². The highest BCUT2D eigenvalue weighted by atomic mass is 16.5. The average molecular weight is 282 g/mol. The molecule has 0 saturated heterocycles. The average Bonchev–Trinajstić information content (AvgIpc) is 2.82. The summed E-state index contributed by atoms with van der Waals surface area (Å²) in [5.74, 6) is 1.55. The number of aryl methyl sites for hydroxylation is 1. The predicted molar refractivity (Wildman–Crippen MR) is 76.3 cm³/mol. The van der Waals surface area contributed by atoms with Crippen molar-refractivity contribution in [3.63, 3.8) is 0 Å². The van der Waals surface area contributed by atoms with Crippen LogP contribution in [0.25, 0.3) is 0 Å². The monoisotopic (exact) mass is 282 g/mol. The van der Waals surface area contributed by atoms with E-state index in [2.05, 4.69) is 17.4 Å². The molecule has 3 atom stereocenters. The van der Waals surface area contributed by atoms with E-state index in [1.807, 2.05) is 13.0 Å². The number of nitrogens with one attached hydrogen (secondary N) is 1. The highest BCUT2D eigenvalue weighted by Gasteiger charge is 2.20. The third kappa shape index (κ3) is 5.23. The third-order valence-electron chi connectivity index (χ3n) is 3.78. The van der Waals surface area contributed by atoms with Crippen LogP contribution in [0.5, 0.6) is 0 Å². The largest absolute Gasteiger partial charge is 0.389 e. The normalized spacial score (nSPS) is 24.8. The van der Waals surface area contributed by atoms with Crippen LogP contribution < -0.4 is 5.32 Å². The Labute approximate surface area is 120 Å². The van der Waals surface area contributed by atoms with Crippen LogP contribution in [0.1, 0.15) is 44.1 Å². The first-order valence-electron chi connectivity index (χ1n) is 7.56. The first-order chi connectivity index (χ1) is 9.63. The lowest BCUT2D eigenvalue weighted by molar-refractivity contribution is -0.0306. The minimum Gasteiger partial charge on any atom is -0.389 e. The summed E-state index contributed by atoms with van der Waals surface area (Å²) in [4.78, 5) is 0. The lowest BCUT2D eigenvalue weighted by Gasteiger charge is -2.27. The van der Waals surface area contributed by atoms with Gasteiger partial charge in [0.2, 0.25) is 0 Å². The smallest absolute Gasteiger partial charge is 0.133 e. The van der Waals surface area contributed by atoms with Crippen molar-refractivity contribution in [2.75, 3.05) is 13.2 Å². The minimum atomic E-state index is -0.472. The van der Waals surface area contributed by atoms with Crippen molar-refractivity contribution in [2.45, 2.75) is 58.3 Å². The Morgan fingerprint density at radius 1 is 1.55 bits per heavy atom. The molecule has 1 saturated carbocycles. The minimum absolute atomic E-state index is 0.326. The van der Waals surface area contributed by atoms with Crippen LogP contribution in [0.3, 0.4) is 0 Å². The maximum atomic E-state index is 9.90. The molecule has 0 bridgehead atoms. The van der Waals surface area contributed by atoms with Gasteiger partial charge in [0, 0.05) is 19.2 Å². The summed E-state index contributed by atoms with van der Waals surface area (Å²) in [6.07, 6.45) is 4.65. The van der Waals surface area contributed by atoms with E-state index in [4.69, 9.17) is 9.26 Å². The Hall–Kier alpha value is -0.910. The molecule has 20 heavy (non-hydrogen) atoms. The van der Waals surface area contributed by atoms with Gasteiger partial charge in [-0.2, -0.15) is 0 Å². The molecule has 0 aliphatic heterocycles. The molecular formula is C15H26N2O3. The van der Waals surface area contributed by atoms with E-state index < -0.39 is 6.10 Å². The molecule has 1 aromatic heterocycles.